The van der Waals surface area contributed by atoms with Gasteiger partial charge in [-0.2, -0.15) is 0 Å². The molecule has 3 nitrogen and oxygen atoms in total. The Labute approximate surface area is 89.1 Å². The predicted molar refractivity (Wildman–Crippen MR) is 56.8 cm³/mol. The van der Waals surface area contributed by atoms with Gasteiger partial charge in [-0.25, -0.2) is 4.79 Å². The first-order valence-electron chi connectivity index (χ1n) is 4.09. The topological polar surface area (TPSA) is 41.7 Å². The van der Waals surface area contributed by atoms with E-state index >= 15 is 0 Å². The van der Waals surface area contributed by atoms with Gasteiger partial charge in [0.1, 0.15) is 0 Å². The van der Waals surface area contributed by atoms with Gasteiger partial charge >= 0.3 is 5.97 Å². The number of carboxylic acid groups (broad SMARTS) is 1. The van der Waals surface area contributed by atoms with Crippen molar-refractivity contribution in [2.45, 2.75) is 6.92 Å². The van der Waals surface area contributed by atoms with E-state index in [-0.39, 0.29) is 0 Å². The van der Waals surface area contributed by atoms with Gasteiger partial charge in [0, 0.05) is 16.9 Å². The number of rotatable bonds is 1. The molecule has 72 valence electrons. The van der Waals surface area contributed by atoms with Gasteiger partial charge in [-0.1, -0.05) is 0 Å². The molecule has 0 saturated heterocycles. The monoisotopic (exact) mass is 253 g/mol. The van der Waals surface area contributed by atoms with Crippen LogP contribution in [-0.2, 0) is 0 Å². The highest BCUT2D eigenvalue weighted by Crippen LogP contribution is 2.20. The van der Waals surface area contributed by atoms with E-state index in [0.717, 1.165) is 15.6 Å². The van der Waals surface area contributed by atoms with Gasteiger partial charge in [0.05, 0.1) is 11.1 Å². The van der Waals surface area contributed by atoms with Crippen LogP contribution in [0.2, 0.25) is 0 Å². The van der Waals surface area contributed by atoms with E-state index in [9.17, 15) is 4.79 Å². The third kappa shape index (κ3) is 1.32. The fraction of sp³-hybridized carbons (Fsp3) is 0.100. The van der Waals surface area contributed by atoms with Crippen molar-refractivity contribution in [2.75, 3.05) is 0 Å². The molecule has 2 aromatic heterocycles. The minimum absolute atomic E-state index is 0.373. The van der Waals surface area contributed by atoms with Crippen LogP contribution >= 0.6 is 15.9 Å². The molecule has 2 rings (SSSR count). The molecule has 14 heavy (non-hydrogen) atoms. The summed E-state index contributed by atoms with van der Waals surface area (Å²) < 4.78 is 2.74. The van der Waals surface area contributed by atoms with Crippen LogP contribution in [0.5, 0.6) is 0 Å². The Morgan fingerprint density at radius 1 is 1.43 bits per heavy atom. The van der Waals surface area contributed by atoms with Gasteiger partial charge in [0.2, 0.25) is 0 Å². The maximum absolute atomic E-state index is 11.0. The molecular weight excluding hydrogens is 246 g/mol. The van der Waals surface area contributed by atoms with E-state index in [1.807, 2.05) is 22.9 Å². The first-order valence-corrected chi connectivity index (χ1v) is 4.89. The standard InChI is InChI=1S/C10H8BrNO2/c1-6-4-12-5-7(11)2-3-8(12)9(6)10(13)14/h2-5H,1H3,(H,13,14). The van der Waals surface area contributed by atoms with Crippen molar-refractivity contribution in [3.05, 3.63) is 40.1 Å². The number of pyridine rings is 1. The summed E-state index contributed by atoms with van der Waals surface area (Å²) >= 11 is 3.33. The summed E-state index contributed by atoms with van der Waals surface area (Å²) in [4.78, 5) is 11.0. The molecule has 0 spiro atoms. The Hall–Kier alpha value is -1.29. The van der Waals surface area contributed by atoms with Crippen molar-refractivity contribution in [3.63, 3.8) is 0 Å². The predicted octanol–water partition coefficient (Wildman–Crippen LogP) is 2.71. The molecule has 0 aliphatic heterocycles. The number of nitrogens with zero attached hydrogens (tertiary/aromatic N) is 1. The highest BCUT2D eigenvalue weighted by Gasteiger charge is 2.13. The summed E-state index contributed by atoms with van der Waals surface area (Å²) in [5.41, 5.74) is 1.87. The Kier molecular flexibility index (Phi) is 2.07. The van der Waals surface area contributed by atoms with Crippen LogP contribution in [-0.4, -0.2) is 15.5 Å². The lowest BCUT2D eigenvalue weighted by atomic mass is 10.2. The molecule has 0 amide bonds. The number of aromatic nitrogens is 1. The molecule has 0 aliphatic carbocycles. The molecule has 0 atom stereocenters. The zero-order chi connectivity index (χ0) is 10.3. The average Bonchev–Trinajstić information content (AvgIpc) is 2.39. The molecular formula is C10H8BrNO2. The van der Waals surface area contributed by atoms with E-state index in [1.165, 1.54) is 0 Å². The first kappa shape index (κ1) is 9.27. The number of fused-ring (bicyclic) bond motifs is 1. The number of carboxylic acids is 1. The van der Waals surface area contributed by atoms with Gasteiger partial charge in [0.25, 0.3) is 0 Å². The van der Waals surface area contributed by atoms with Gasteiger partial charge in [-0.3, -0.25) is 0 Å². The molecule has 0 saturated carbocycles. The van der Waals surface area contributed by atoms with Gasteiger partial charge in [0.15, 0.2) is 0 Å². The molecule has 0 radical (unpaired) electrons. The Bertz CT molecular complexity index is 516. The summed E-state index contributed by atoms with van der Waals surface area (Å²) in [6.45, 7) is 1.80. The van der Waals surface area contributed by atoms with Gasteiger partial charge < -0.3 is 9.51 Å². The van der Waals surface area contributed by atoms with Crippen LogP contribution in [0.4, 0.5) is 0 Å². The lowest BCUT2D eigenvalue weighted by molar-refractivity contribution is 0.0698. The van der Waals surface area contributed by atoms with Crippen LogP contribution in [0.3, 0.4) is 0 Å². The molecule has 4 heteroatoms. The van der Waals surface area contributed by atoms with E-state index < -0.39 is 5.97 Å². The first-order chi connectivity index (χ1) is 6.59. The maximum atomic E-state index is 11.0. The van der Waals surface area contributed by atoms with Crippen LogP contribution in [0.15, 0.2) is 29.0 Å². The molecule has 1 N–H and O–H groups in total. The van der Waals surface area contributed by atoms with Crippen LogP contribution < -0.4 is 0 Å². The second-order valence-electron chi connectivity index (χ2n) is 3.13. The fourth-order valence-corrected chi connectivity index (χ4v) is 1.92. The summed E-state index contributed by atoms with van der Waals surface area (Å²) in [7, 11) is 0. The van der Waals surface area contributed by atoms with E-state index in [0.29, 0.717) is 5.56 Å². The second kappa shape index (κ2) is 3.13. The maximum Gasteiger partial charge on any atom is 0.338 e. The SMILES string of the molecule is Cc1cn2cc(Br)ccc2c1C(=O)O. The van der Waals surface area contributed by atoms with Crippen molar-refractivity contribution in [1.82, 2.24) is 4.40 Å². The van der Waals surface area contributed by atoms with E-state index in [1.54, 1.807) is 13.0 Å². The molecule has 0 fully saturated rings. The van der Waals surface area contributed by atoms with Crippen molar-refractivity contribution >= 4 is 27.4 Å². The van der Waals surface area contributed by atoms with Crippen LogP contribution in [0.1, 0.15) is 15.9 Å². The average molecular weight is 254 g/mol. The van der Waals surface area contributed by atoms with E-state index in [2.05, 4.69) is 15.9 Å². The Morgan fingerprint density at radius 2 is 2.14 bits per heavy atom. The zero-order valence-electron chi connectivity index (χ0n) is 7.49. The molecule has 2 heterocycles. The third-order valence-corrected chi connectivity index (χ3v) is 2.61. The molecule has 0 unspecified atom stereocenters. The number of hydrogen-bond acceptors (Lipinski definition) is 1. The Morgan fingerprint density at radius 3 is 2.79 bits per heavy atom. The third-order valence-electron chi connectivity index (χ3n) is 2.14. The largest absolute Gasteiger partial charge is 0.478 e. The quantitative estimate of drug-likeness (QED) is 0.850. The minimum atomic E-state index is -0.882. The highest BCUT2D eigenvalue weighted by molar-refractivity contribution is 9.10. The van der Waals surface area contributed by atoms with Crippen molar-refractivity contribution in [1.29, 1.82) is 0 Å². The fourth-order valence-electron chi connectivity index (χ4n) is 1.56. The number of halogens is 1. The number of aryl methyl sites for hydroxylation is 1. The summed E-state index contributed by atoms with van der Waals surface area (Å²) in [5, 5.41) is 9.00. The molecule has 2 aromatic rings. The zero-order valence-corrected chi connectivity index (χ0v) is 9.08. The normalized spacial score (nSPS) is 10.7. The van der Waals surface area contributed by atoms with Crippen molar-refractivity contribution in [2.24, 2.45) is 0 Å². The minimum Gasteiger partial charge on any atom is -0.478 e. The Balaban J connectivity index is 2.84. The second-order valence-corrected chi connectivity index (χ2v) is 4.05. The van der Waals surface area contributed by atoms with E-state index in [4.69, 9.17) is 5.11 Å². The summed E-state index contributed by atoms with van der Waals surface area (Å²) in [6, 6.07) is 3.63. The van der Waals surface area contributed by atoms with Crippen molar-refractivity contribution < 1.29 is 9.90 Å². The summed E-state index contributed by atoms with van der Waals surface area (Å²) in [5.74, 6) is -0.882. The molecule has 0 aromatic carbocycles. The van der Waals surface area contributed by atoms with Gasteiger partial charge in [-0.15, -0.1) is 0 Å². The lowest BCUT2D eigenvalue weighted by Crippen LogP contribution is -1.97. The van der Waals surface area contributed by atoms with Gasteiger partial charge in [-0.05, 0) is 40.5 Å². The van der Waals surface area contributed by atoms with Crippen LogP contribution in [0, 0.1) is 6.92 Å². The number of carbonyl (C=O) groups is 1. The molecule has 0 bridgehead atoms. The number of hydrogen-bond donors (Lipinski definition) is 1. The molecule has 0 aliphatic rings. The van der Waals surface area contributed by atoms with Crippen molar-refractivity contribution in [3.8, 4) is 0 Å². The smallest absolute Gasteiger partial charge is 0.338 e. The lowest BCUT2D eigenvalue weighted by Gasteiger charge is -1.96. The number of aromatic carboxylic acids is 1. The highest BCUT2D eigenvalue weighted by atomic mass is 79.9. The summed E-state index contributed by atoms with van der Waals surface area (Å²) in [6.07, 6.45) is 3.65. The van der Waals surface area contributed by atoms with Crippen LogP contribution in [0.25, 0.3) is 5.52 Å².